The summed E-state index contributed by atoms with van der Waals surface area (Å²) in [6.07, 6.45) is 1.99. The molecule has 0 fully saturated rings. The van der Waals surface area contributed by atoms with Crippen molar-refractivity contribution in [3.05, 3.63) is 52.4 Å². The van der Waals surface area contributed by atoms with Gasteiger partial charge in [0.25, 0.3) is 0 Å². The zero-order valence-corrected chi connectivity index (χ0v) is 12.9. The molecule has 5 heteroatoms. The van der Waals surface area contributed by atoms with Gasteiger partial charge in [-0.3, -0.25) is 0 Å². The summed E-state index contributed by atoms with van der Waals surface area (Å²) in [5.74, 6) is 0.550. The quantitative estimate of drug-likeness (QED) is 0.791. The van der Waals surface area contributed by atoms with Gasteiger partial charge < -0.3 is 4.74 Å². The number of ether oxygens (including phenoxy) is 1. The summed E-state index contributed by atoms with van der Waals surface area (Å²) in [5.41, 5.74) is 1.25. The number of hydrogen-bond acceptors (Lipinski definition) is 3. The molecule has 0 saturated carbocycles. The Kier molecular flexibility index (Phi) is 5.51. The number of benzene rings is 1. The highest BCUT2D eigenvalue weighted by Gasteiger charge is 2.09. The molecule has 1 aromatic heterocycles. The average Bonchev–Trinajstić information content (AvgIpc) is 2.48. The van der Waals surface area contributed by atoms with Crippen LogP contribution in [-0.4, -0.2) is 10.2 Å². The fraction of sp³-hybridized carbons (Fsp3) is 0.375. The number of hydrogen-bond donors (Lipinski definition) is 0. The molecular weight excluding hydrogens is 291 g/mol. The molecule has 1 aromatic carbocycles. The first kappa shape index (κ1) is 15.7. The topological polar surface area (TPSA) is 35.0 Å². The molecule has 1 unspecified atom stereocenters. The Morgan fingerprint density at radius 3 is 2.67 bits per heavy atom. The Labute approximate surface area is 129 Å². The maximum Gasteiger partial charge on any atom is 0.233 e. The molecule has 0 aliphatic heterocycles. The minimum atomic E-state index is -0.385. The predicted octanol–water partition coefficient (Wildman–Crippen LogP) is 4.44. The van der Waals surface area contributed by atoms with E-state index in [2.05, 4.69) is 24.0 Å². The zero-order valence-electron chi connectivity index (χ0n) is 12.1. The Bertz CT molecular complexity index is 569. The number of rotatable bonds is 6. The number of aromatic nitrogens is 2. The van der Waals surface area contributed by atoms with E-state index in [9.17, 15) is 4.39 Å². The fourth-order valence-electron chi connectivity index (χ4n) is 1.85. The molecule has 0 amide bonds. The molecule has 1 atom stereocenters. The summed E-state index contributed by atoms with van der Waals surface area (Å²) in [5, 5.41) is 8.47. The van der Waals surface area contributed by atoms with Crippen LogP contribution >= 0.6 is 11.6 Å². The molecule has 1 heterocycles. The second-order valence-electron chi connectivity index (χ2n) is 5.07. The molecule has 3 nitrogen and oxygen atoms in total. The Morgan fingerprint density at radius 1 is 1.24 bits per heavy atom. The van der Waals surface area contributed by atoms with Crippen LogP contribution in [0.4, 0.5) is 4.39 Å². The van der Waals surface area contributed by atoms with Gasteiger partial charge >= 0.3 is 0 Å². The molecule has 0 aliphatic rings. The summed E-state index contributed by atoms with van der Waals surface area (Å²) in [6, 6.07) is 8.18. The lowest BCUT2D eigenvalue weighted by Gasteiger charge is -2.09. The lowest BCUT2D eigenvalue weighted by Crippen LogP contribution is -2.04. The maximum atomic E-state index is 13.6. The molecule has 2 rings (SSSR count). The van der Waals surface area contributed by atoms with Gasteiger partial charge in [0.1, 0.15) is 12.4 Å². The Hall–Kier alpha value is -1.68. The Morgan fingerprint density at radius 2 is 2.05 bits per heavy atom. The van der Waals surface area contributed by atoms with Gasteiger partial charge in [0.2, 0.25) is 5.88 Å². The smallest absolute Gasteiger partial charge is 0.233 e. The lowest BCUT2D eigenvalue weighted by molar-refractivity contribution is 0.284. The van der Waals surface area contributed by atoms with Crippen LogP contribution in [-0.2, 0) is 13.0 Å². The van der Waals surface area contributed by atoms with Crippen molar-refractivity contribution in [3.63, 3.8) is 0 Å². The zero-order chi connectivity index (χ0) is 15.2. The average molecular weight is 309 g/mol. The third kappa shape index (κ3) is 4.39. The first-order chi connectivity index (χ1) is 10.1. The molecule has 0 N–H and O–H groups in total. The molecule has 0 bridgehead atoms. The van der Waals surface area contributed by atoms with Crippen LogP contribution in [0.15, 0.2) is 30.3 Å². The van der Waals surface area contributed by atoms with Crippen molar-refractivity contribution in [2.75, 3.05) is 0 Å². The van der Waals surface area contributed by atoms with Crippen LogP contribution < -0.4 is 4.74 Å². The van der Waals surface area contributed by atoms with Crippen molar-refractivity contribution < 1.29 is 9.13 Å². The summed E-state index contributed by atoms with van der Waals surface area (Å²) < 4.78 is 19.0. The molecule has 2 aromatic rings. The fourth-order valence-corrected chi connectivity index (χ4v) is 2.07. The summed E-state index contributed by atoms with van der Waals surface area (Å²) >= 11 is 5.94. The van der Waals surface area contributed by atoms with Crippen LogP contribution in [0.5, 0.6) is 5.88 Å². The second-order valence-corrected chi connectivity index (χ2v) is 5.48. The molecule has 0 saturated heterocycles. The minimum Gasteiger partial charge on any atom is -0.472 e. The van der Waals surface area contributed by atoms with Crippen molar-refractivity contribution in [1.29, 1.82) is 0 Å². The van der Waals surface area contributed by atoms with Crippen molar-refractivity contribution in [2.24, 2.45) is 5.92 Å². The number of halogens is 2. The molecule has 112 valence electrons. The van der Waals surface area contributed by atoms with E-state index in [-0.39, 0.29) is 12.4 Å². The van der Waals surface area contributed by atoms with Crippen LogP contribution in [0, 0.1) is 11.7 Å². The Balaban J connectivity index is 1.98. The van der Waals surface area contributed by atoms with Crippen LogP contribution in [0.1, 0.15) is 31.5 Å². The lowest BCUT2D eigenvalue weighted by atomic mass is 10.0. The van der Waals surface area contributed by atoms with Crippen molar-refractivity contribution in [1.82, 2.24) is 10.2 Å². The van der Waals surface area contributed by atoms with E-state index in [4.69, 9.17) is 16.3 Å². The van der Waals surface area contributed by atoms with Gasteiger partial charge in [-0.1, -0.05) is 37.9 Å². The first-order valence-corrected chi connectivity index (χ1v) is 7.36. The van der Waals surface area contributed by atoms with Gasteiger partial charge in [0.05, 0.1) is 10.7 Å². The summed E-state index contributed by atoms with van der Waals surface area (Å²) in [4.78, 5) is 0. The van der Waals surface area contributed by atoms with Crippen molar-refractivity contribution in [3.8, 4) is 5.88 Å². The van der Waals surface area contributed by atoms with E-state index in [1.165, 1.54) is 6.07 Å². The van der Waals surface area contributed by atoms with Gasteiger partial charge in [-0.25, -0.2) is 4.39 Å². The first-order valence-electron chi connectivity index (χ1n) is 6.98. The van der Waals surface area contributed by atoms with Gasteiger partial charge in [-0.15, -0.1) is 5.10 Å². The van der Waals surface area contributed by atoms with Gasteiger partial charge in [-0.05, 0) is 30.5 Å². The van der Waals surface area contributed by atoms with Gasteiger partial charge in [0.15, 0.2) is 0 Å². The normalized spacial score (nSPS) is 12.2. The second kappa shape index (κ2) is 7.36. The molecule has 0 radical (unpaired) electrons. The maximum absolute atomic E-state index is 13.6. The minimum absolute atomic E-state index is 0.0326. The van der Waals surface area contributed by atoms with E-state index < -0.39 is 0 Å². The molecule has 0 aliphatic carbocycles. The van der Waals surface area contributed by atoms with E-state index in [0.717, 1.165) is 18.5 Å². The SMILES string of the molecule is CCC(C)Cc1ccc(OCc2c(F)cccc2Cl)nn1. The number of nitrogens with zero attached hydrogens (tertiary/aromatic N) is 2. The van der Waals surface area contributed by atoms with E-state index >= 15 is 0 Å². The summed E-state index contributed by atoms with van der Waals surface area (Å²) in [7, 11) is 0. The molecule has 0 spiro atoms. The standard InChI is InChI=1S/C16H18ClFN2O/c1-3-11(2)9-12-7-8-16(20-19-12)21-10-13-14(17)5-4-6-15(13)18/h4-8,11H,3,9-10H2,1-2H3. The molecule has 21 heavy (non-hydrogen) atoms. The molecular formula is C16H18ClFN2O. The van der Waals surface area contributed by atoms with E-state index in [1.807, 2.05) is 6.07 Å². The van der Waals surface area contributed by atoms with Crippen LogP contribution in [0.2, 0.25) is 5.02 Å². The van der Waals surface area contributed by atoms with Gasteiger partial charge in [-0.2, -0.15) is 5.10 Å². The monoisotopic (exact) mass is 308 g/mol. The third-order valence-corrected chi connectivity index (χ3v) is 3.73. The summed E-state index contributed by atoms with van der Waals surface area (Å²) in [6.45, 7) is 4.35. The largest absolute Gasteiger partial charge is 0.472 e. The third-order valence-electron chi connectivity index (χ3n) is 3.38. The van der Waals surface area contributed by atoms with Crippen LogP contribution in [0.25, 0.3) is 0 Å². The van der Waals surface area contributed by atoms with Gasteiger partial charge in [0, 0.05) is 11.6 Å². The highest BCUT2D eigenvalue weighted by Crippen LogP contribution is 2.20. The predicted molar refractivity (Wildman–Crippen MR) is 80.9 cm³/mol. The van der Waals surface area contributed by atoms with E-state index in [1.54, 1.807) is 18.2 Å². The van der Waals surface area contributed by atoms with Crippen molar-refractivity contribution in [2.45, 2.75) is 33.3 Å². The van der Waals surface area contributed by atoms with Crippen molar-refractivity contribution >= 4 is 11.6 Å². The highest BCUT2D eigenvalue weighted by atomic mass is 35.5. The van der Waals surface area contributed by atoms with Crippen LogP contribution in [0.3, 0.4) is 0 Å². The van der Waals surface area contributed by atoms with E-state index in [0.29, 0.717) is 22.4 Å². The highest BCUT2D eigenvalue weighted by molar-refractivity contribution is 6.31.